The molecule has 2 aliphatic rings. The first-order valence-corrected chi connectivity index (χ1v) is 9.19. The van der Waals surface area contributed by atoms with Gasteiger partial charge in [-0.15, -0.1) is 10.2 Å². The smallest absolute Gasteiger partial charge is 0.254 e. The fourth-order valence-corrected chi connectivity index (χ4v) is 3.46. The number of rotatable bonds is 3. The van der Waals surface area contributed by atoms with Crippen molar-refractivity contribution in [2.75, 3.05) is 37.9 Å². The Morgan fingerprint density at radius 1 is 0.857 bits per heavy atom. The number of carbonyl (C=O) groups excluding carboxylic acids is 1. The van der Waals surface area contributed by atoms with Crippen LogP contribution in [0.1, 0.15) is 10.4 Å². The van der Waals surface area contributed by atoms with E-state index in [0.29, 0.717) is 43.2 Å². The second kappa shape index (κ2) is 6.88. The van der Waals surface area contributed by atoms with Gasteiger partial charge in [-0.05, 0) is 42.5 Å². The number of benzene rings is 1. The molecule has 142 valence electrons. The molecule has 0 spiro atoms. The predicted molar refractivity (Wildman–Crippen MR) is 102 cm³/mol. The molecule has 8 nitrogen and oxygen atoms in total. The van der Waals surface area contributed by atoms with Gasteiger partial charge in [-0.2, -0.15) is 0 Å². The maximum absolute atomic E-state index is 12.8. The number of hydrogen-bond donors (Lipinski definition) is 0. The molecule has 0 atom stereocenters. The molecule has 8 heteroatoms. The van der Waals surface area contributed by atoms with Crippen LogP contribution in [0.3, 0.4) is 0 Å². The van der Waals surface area contributed by atoms with Crippen molar-refractivity contribution in [2.45, 2.75) is 0 Å². The van der Waals surface area contributed by atoms with E-state index in [1.165, 1.54) is 0 Å². The molecule has 0 unspecified atom stereocenters. The highest BCUT2D eigenvalue weighted by molar-refractivity contribution is 5.95. The Kier molecular flexibility index (Phi) is 4.08. The maximum atomic E-state index is 12.8. The fraction of sp³-hybridized carbons (Fsp3) is 0.250. The van der Waals surface area contributed by atoms with Crippen molar-refractivity contribution >= 4 is 11.7 Å². The van der Waals surface area contributed by atoms with E-state index in [2.05, 4.69) is 15.1 Å². The Morgan fingerprint density at radius 2 is 1.57 bits per heavy atom. The van der Waals surface area contributed by atoms with Crippen LogP contribution in [0.15, 0.2) is 54.9 Å². The van der Waals surface area contributed by atoms with Crippen LogP contribution in [0.5, 0.6) is 11.5 Å². The second-order valence-electron chi connectivity index (χ2n) is 6.69. The Balaban J connectivity index is 1.23. The lowest BCUT2D eigenvalue weighted by molar-refractivity contribution is 0.0746. The van der Waals surface area contributed by atoms with E-state index in [1.807, 2.05) is 46.1 Å². The molecular weight excluding hydrogens is 358 g/mol. The third-order valence-electron chi connectivity index (χ3n) is 5.02. The van der Waals surface area contributed by atoms with Gasteiger partial charge >= 0.3 is 0 Å². The molecule has 28 heavy (non-hydrogen) atoms. The summed E-state index contributed by atoms with van der Waals surface area (Å²) in [6.45, 7) is 2.90. The maximum Gasteiger partial charge on any atom is 0.254 e. The van der Waals surface area contributed by atoms with Crippen molar-refractivity contribution in [3.8, 4) is 17.3 Å². The lowest BCUT2D eigenvalue weighted by atomic mass is 10.1. The molecule has 0 aliphatic carbocycles. The van der Waals surface area contributed by atoms with E-state index in [-0.39, 0.29) is 12.7 Å². The number of hydrogen-bond acceptors (Lipinski definition) is 6. The molecule has 4 heterocycles. The summed E-state index contributed by atoms with van der Waals surface area (Å²) in [4.78, 5) is 16.8. The van der Waals surface area contributed by atoms with Crippen molar-refractivity contribution in [3.05, 3.63) is 60.4 Å². The zero-order chi connectivity index (χ0) is 18.9. The SMILES string of the molecule is O=C(c1ccc2c(c1)OCO2)N1CCN(c2ccc(-n3cccc3)nn2)CC1. The molecular formula is C20H19N5O3. The van der Waals surface area contributed by atoms with E-state index in [9.17, 15) is 4.79 Å². The first kappa shape index (κ1) is 16.6. The van der Waals surface area contributed by atoms with E-state index in [0.717, 1.165) is 11.6 Å². The third-order valence-corrected chi connectivity index (χ3v) is 5.02. The molecule has 2 aromatic heterocycles. The number of nitrogens with zero attached hydrogens (tertiary/aromatic N) is 5. The Labute approximate surface area is 161 Å². The highest BCUT2D eigenvalue weighted by Crippen LogP contribution is 2.33. The standard InChI is InChI=1S/C20H19N5O3/c26-20(15-3-4-16-17(13-15)28-14-27-16)25-11-9-24(10-12-25)19-6-5-18(21-22-19)23-7-1-2-8-23/h1-8,13H,9-12,14H2. The van der Waals surface area contributed by atoms with Crippen LogP contribution in [0.2, 0.25) is 0 Å². The van der Waals surface area contributed by atoms with Crippen LogP contribution in [0, 0.1) is 0 Å². The first-order valence-electron chi connectivity index (χ1n) is 9.19. The predicted octanol–water partition coefficient (Wildman–Crippen LogP) is 1.96. The van der Waals surface area contributed by atoms with E-state index in [1.54, 1.807) is 18.2 Å². The largest absolute Gasteiger partial charge is 0.454 e. The molecule has 2 aliphatic heterocycles. The van der Waals surface area contributed by atoms with Crippen LogP contribution in [0.25, 0.3) is 5.82 Å². The lowest BCUT2D eigenvalue weighted by Gasteiger charge is -2.35. The summed E-state index contributed by atoms with van der Waals surface area (Å²) in [5.74, 6) is 2.93. The van der Waals surface area contributed by atoms with Gasteiger partial charge in [-0.25, -0.2) is 0 Å². The molecule has 1 amide bonds. The molecule has 3 aromatic rings. The average Bonchev–Trinajstić information content (AvgIpc) is 3.45. The topological polar surface area (TPSA) is 72.7 Å². The number of aromatic nitrogens is 3. The van der Waals surface area contributed by atoms with Crippen LogP contribution in [-0.2, 0) is 0 Å². The summed E-state index contributed by atoms with van der Waals surface area (Å²) in [6, 6.07) is 13.1. The quantitative estimate of drug-likeness (QED) is 0.695. The Morgan fingerprint density at radius 3 is 2.32 bits per heavy atom. The second-order valence-corrected chi connectivity index (χ2v) is 6.69. The molecule has 5 rings (SSSR count). The molecule has 1 aromatic carbocycles. The minimum Gasteiger partial charge on any atom is -0.454 e. The van der Waals surface area contributed by atoms with E-state index >= 15 is 0 Å². The average molecular weight is 377 g/mol. The summed E-state index contributed by atoms with van der Waals surface area (Å²) >= 11 is 0. The fourth-order valence-electron chi connectivity index (χ4n) is 3.46. The minimum absolute atomic E-state index is 0.00647. The van der Waals surface area contributed by atoms with Crippen LogP contribution >= 0.6 is 0 Å². The molecule has 0 N–H and O–H groups in total. The summed E-state index contributed by atoms with van der Waals surface area (Å²) in [5.41, 5.74) is 0.619. The van der Waals surface area contributed by atoms with Crippen molar-refractivity contribution < 1.29 is 14.3 Å². The monoisotopic (exact) mass is 377 g/mol. The summed E-state index contributed by atoms with van der Waals surface area (Å²) in [6.07, 6.45) is 3.87. The van der Waals surface area contributed by atoms with E-state index < -0.39 is 0 Å². The molecule has 0 saturated carbocycles. The van der Waals surface area contributed by atoms with Gasteiger partial charge in [0.2, 0.25) is 6.79 Å². The highest BCUT2D eigenvalue weighted by atomic mass is 16.7. The van der Waals surface area contributed by atoms with Crippen LogP contribution < -0.4 is 14.4 Å². The zero-order valence-electron chi connectivity index (χ0n) is 15.2. The van der Waals surface area contributed by atoms with Gasteiger partial charge < -0.3 is 23.8 Å². The number of amides is 1. The summed E-state index contributed by atoms with van der Waals surface area (Å²) in [7, 11) is 0. The molecule has 0 bridgehead atoms. The number of anilines is 1. The van der Waals surface area contributed by atoms with Crippen molar-refractivity contribution in [1.82, 2.24) is 19.7 Å². The molecule has 1 saturated heterocycles. The lowest BCUT2D eigenvalue weighted by Crippen LogP contribution is -2.49. The van der Waals surface area contributed by atoms with Gasteiger partial charge in [0.15, 0.2) is 23.1 Å². The van der Waals surface area contributed by atoms with Crippen LogP contribution in [-0.4, -0.2) is 58.5 Å². The number of carbonyl (C=O) groups is 1. The third kappa shape index (κ3) is 3.02. The van der Waals surface area contributed by atoms with Crippen molar-refractivity contribution in [3.63, 3.8) is 0 Å². The van der Waals surface area contributed by atoms with Gasteiger partial charge in [-0.1, -0.05) is 0 Å². The van der Waals surface area contributed by atoms with Gasteiger partial charge in [0.1, 0.15) is 0 Å². The molecule has 1 fully saturated rings. The van der Waals surface area contributed by atoms with Crippen molar-refractivity contribution in [2.24, 2.45) is 0 Å². The highest BCUT2D eigenvalue weighted by Gasteiger charge is 2.24. The van der Waals surface area contributed by atoms with Gasteiger partial charge in [0, 0.05) is 44.1 Å². The van der Waals surface area contributed by atoms with Crippen LogP contribution in [0.4, 0.5) is 5.82 Å². The summed E-state index contributed by atoms with van der Waals surface area (Å²) in [5, 5.41) is 8.64. The zero-order valence-corrected chi connectivity index (χ0v) is 15.2. The summed E-state index contributed by atoms with van der Waals surface area (Å²) < 4.78 is 12.6. The normalized spacial score (nSPS) is 15.7. The minimum atomic E-state index is 0.00647. The molecule has 0 radical (unpaired) electrons. The number of fused-ring (bicyclic) bond motifs is 1. The first-order chi connectivity index (χ1) is 13.8. The number of piperazine rings is 1. The van der Waals surface area contributed by atoms with Crippen molar-refractivity contribution in [1.29, 1.82) is 0 Å². The number of ether oxygens (including phenoxy) is 2. The van der Waals surface area contributed by atoms with Gasteiger partial charge in [0.25, 0.3) is 5.91 Å². The van der Waals surface area contributed by atoms with E-state index in [4.69, 9.17) is 9.47 Å². The Hall–Kier alpha value is -3.55. The Bertz CT molecular complexity index is 980. The van der Waals surface area contributed by atoms with Gasteiger partial charge in [-0.3, -0.25) is 4.79 Å². The van der Waals surface area contributed by atoms with Gasteiger partial charge in [0.05, 0.1) is 0 Å².